The molecule has 32 heavy (non-hydrogen) atoms. The third-order valence-electron chi connectivity index (χ3n) is 5.26. The summed E-state index contributed by atoms with van der Waals surface area (Å²) in [6.07, 6.45) is 0.803. The van der Waals surface area contributed by atoms with E-state index in [0.29, 0.717) is 29.7 Å². The molecule has 1 fully saturated rings. The zero-order valence-electron chi connectivity index (χ0n) is 16.5. The molecule has 0 aliphatic heterocycles. The van der Waals surface area contributed by atoms with Crippen LogP contribution in [0.1, 0.15) is 18.4 Å². The summed E-state index contributed by atoms with van der Waals surface area (Å²) >= 11 is 0. The Morgan fingerprint density at radius 2 is 1.34 bits per heavy atom. The number of nitrogens with zero attached hydrogens (tertiary/aromatic N) is 1. The molecule has 1 saturated carbocycles. The topological polar surface area (TPSA) is 63.4 Å². The number of nitrogens with two attached hydrogens (primary N) is 1. The molecule has 3 aromatic rings. The van der Waals surface area contributed by atoms with Crippen LogP contribution in [0.5, 0.6) is 0 Å². The minimum Gasteiger partial charge on any atom is -0.399 e. The zero-order chi connectivity index (χ0) is 23.2. The van der Waals surface area contributed by atoms with Gasteiger partial charge in [-0.3, -0.25) is 0 Å². The number of hydrogen-bond donors (Lipinski definition) is 1. The van der Waals surface area contributed by atoms with Crippen molar-refractivity contribution < 1.29 is 30.4 Å². The highest BCUT2D eigenvalue weighted by Crippen LogP contribution is 2.38. The summed E-state index contributed by atoms with van der Waals surface area (Å²) in [5.74, 6) is -11.8. The lowest BCUT2D eigenvalue weighted by Crippen LogP contribution is -2.34. The highest BCUT2D eigenvalue weighted by Gasteiger charge is 2.43. The Kier molecular flexibility index (Phi) is 5.68. The van der Waals surface area contributed by atoms with Crippen LogP contribution in [0, 0.1) is 29.1 Å². The average molecular weight is 468 g/mol. The van der Waals surface area contributed by atoms with Crippen LogP contribution < -0.4 is 5.73 Å². The minimum absolute atomic E-state index is 0.312. The first kappa shape index (κ1) is 22.2. The molecule has 4 rings (SSSR count). The number of benzene rings is 3. The molecule has 4 nitrogen and oxygen atoms in total. The fourth-order valence-corrected chi connectivity index (χ4v) is 5.25. The van der Waals surface area contributed by atoms with Crippen LogP contribution in [0.15, 0.2) is 53.4 Å². The van der Waals surface area contributed by atoms with Gasteiger partial charge < -0.3 is 5.73 Å². The molecule has 0 saturated heterocycles. The molecular formula is C22H17F5N2O2S. The first-order valence-electron chi connectivity index (χ1n) is 9.60. The maximum Gasteiger partial charge on any atom is 0.249 e. The number of nitrogen functional groups attached to an aromatic ring is 1. The number of hydrogen-bond acceptors (Lipinski definition) is 3. The van der Waals surface area contributed by atoms with Gasteiger partial charge >= 0.3 is 0 Å². The molecule has 3 aromatic carbocycles. The number of anilines is 1. The molecule has 0 heterocycles. The van der Waals surface area contributed by atoms with Gasteiger partial charge in [0.2, 0.25) is 15.8 Å². The van der Waals surface area contributed by atoms with Gasteiger partial charge in [-0.15, -0.1) is 0 Å². The largest absolute Gasteiger partial charge is 0.399 e. The summed E-state index contributed by atoms with van der Waals surface area (Å²) < 4.78 is 96.6. The van der Waals surface area contributed by atoms with E-state index in [9.17, 15) is 30.4 Å². The molecule has 0 spiro atoms. The van der Waals surface area contributed by atoms with Crippen molar-refractivity contribution in [3.05, 3.63) is 83.2 Å². The molecule has 0 amide bonds. The highest BCUT2D eigenvalue weighted by molar-refractivity contribution is 7.89. The summed E-state index contributed by atoms with van der Waals surface area (Å²) in [5, 5.41) is 0. The maximum atomic E-state index is 14.3. The van der Waals surface area contributed by atoms with Gasteiger partial charge in [-0.2, -0.15) is 4.31 Å². The quantitative estimate of drug-likeness (QED) is 0.240. The van der Waals surface area contributed by atoms with Crippen molar-refractivity contribution in [3.8, 4) is 11.1 Å². The van der Waals surface area contributed by atoms with Crippen LogP contribution in [0.2, 0.25) is 0 Å². The third-order valence-corrected chi connectivity index (χ3v) is 7.17. The monoisotopic (exact) mass is 468 g/mol. The molecule has 1 aliphatic rings. The number of sulfonamides is 1. The van der Waals surface area contributed by atoms with Gasteiger partial charge in [0.05, 0.1) is 0 Å². The van der Waals surface area contributed by atoms with E-state index in [-0.39, 0.29) is 6.54 Å². The molecule has 0 radical (unpaired) electrons. The second kappa shape index (κ2) is 8.18. The summed E-state index contributed by atoms with van der Waals surface area (Å²) in [6.45, 7) is -0.312. The van der Waals surface area contributed by atoms with Gasteiger partial charge in [-0.25, -0.2) is 30.4 Å². The Morgan fingerprint density at radius 1 is 0.812 bits per heavy atom. The molecule has 0 unspecified atom stereocenters. The zero-order valence-corrected chi connectivity index (χ0v) is 17.3. The standard InChI is InChI=1S/C22H17F5N2O2S/c23-17-18(24)20(26)22(21(27)19(17)25)32(30,31)29(15-9-10-15)11-13-3-1-2-4-16(13)12-5-7-14(28)8-6-12/h1-8,15H,9-11,28H2. The van der Waals surface area contributed by atoms with Crippen molar-refractivity contribution in [2.45, 2.75) is 30.3 Å². The van der Waals surface area contributed by atoms with Crippen LogP contribution in [-0.2, 0) is 16.6 Å². The van der Waals surface area contributed by atoms with Gasteiger partial charge in [0.15, 0.2) is 28.2 Å². The van der Waals surface area contributed by atoms with Crippen LogP contribution in [0.25, 0.3) is 11.1 Å². The Labute approximate surface area is 181 Å². The lowest BCUT2D eigenvalue weighted by Gasteiger charge is -2.24. The second-order valence-electron chi connectivity index (χ2n) is 7.46. The predicted molar refractivity (Wildman–Crippen MR) is 108 cm³/mol. The van der Waals surface area contributed by atoms with Gasteiger partial charge in [0, 0.05) is 18.3 Å². The second-order valence-corrected chi connectivity index (χ2v) is 9.29. The molecule has 168 valence electrons. The van der Waals surface area contributed by atoms with Crippen molar-refractivity contribution >= 4 is 15.7 Å². The number of halogens is 5. The van der Waals surface area contributed by atoms with Crippen LogP contribution >= 0.6 is 0 Å². The SMILES string of the molecule is Nc1ccc(-c2ccccc2CN(C2CC2)S(=O)(=O)c2c(F)c(F)c(F)c(F)c2F)cc1. The molecule has 10 heteroatoms. The minimum atomic E-state index is -5.05. The Hall–Kier alpha value is -2.98. The molecule has 2 N–H and O–H groups in total. The van der Waals surface area contributed by atoms with Gasteiger partial charge in [0.1, 0.15) is 0 Å². The van der Waals surface area contributed by atoms with E-state index in [1.54, 1.807) is 48.5 Å². The maximum absolute atomic E-state index is 14.3. The summed E-state index contributed by atoms with van der Waals surface area (Å²) in [4.78, 5) is -1.84. The van der Waals surface area contributed by atoms with Crippen molar-refractivity contribution in [2.24, 2.45) is 0 Å². The van der Waals surface area contributed by atoms with Crippen LogP contribution in [0.4, 0.5) is 27.6 Å². The third kappa shape index (κ3) is 3.84. The van der Waals surface area contributed by atoms with E-state index in [0.717, 1.165) is 9.87 Å². The van der Waals surface area contributed by atoms with E-state index in [1.165, 1.54) is 0 Å². The molecular weight excluding hydrogens is 451 g/mol. The van der Waals surface area contributed by atoms with Gasteiger partial charge in [-0.05, 0) is 41.7 Å². The van der Waals surface area contributed by atoms with E-state index in [1.807, 2.05) is 0 Å². The van der Waals surface area contributed by atoms with Crippen LogP contribution in [0.3, 0.4) is 0 Å². The Bertz CT molecular complexity index is 1260. The lowest BCUT2D eigenvalue weighted by molar-refractivity contribution is 0.346. The van der Waals surface area contributed by atoms with Gasteiger partial charge in [0.25, 0.3) is 0 Å². The van der Waals surface area contributed by atoms with E-state index < -0.39 is 50.0 Å². The first-order chi connectivity index (χ1) is 15.1. The van der Waals surface area contributed by atoms with Crippen molar-refractivity contribution in [1.29, 1.82) is 0 Å². The molecule has 0 aromatic heterocycles. The highest BCUT2D eigenvalue weighted by atomic mass is 32.2. The summed E-state index contributed by atoms with van der Waals surface area (Å²) in [7, 11) is -5.05. The van der Waals surface area contributed by atoms with Crippen molar-refractivity contribution in [2.75, 3.05) is 5.73 Å². The van der Waals surface area contributed by atoms with E-state index in [4.69, 9.17) is 5.73 Å². The fraction of sp³-hybridized carbons (Fsp3) is 0.182. The predicted octanol–water partition coefficient (Wildman–Crippen LogP) is 4.98. The lowest BCUT2D eigenvalue weighted by atomic mass is 9.99. The first-order valence-corrected chi connectivity index (χ1v) is 11.0. The van der Waals surface area contributed by atoms with Crippen molar-refractivity contribution in [1.82, 2.24) is 4.31 Å². The molecule has 0 atom stereocenters. The smallest absolute Gasteiger partial charge is 0.249 e. The molecule has 1 aliphatic carbocycles. The average Bonchev–Trinajstić information content (AvgIpc) is 3.60. The van der Waals surface area contributed by atoms with Crippen LogP contribution in [-0.4, -0.2) is 18.8 Å². The summed E-state index contributed by atoms with van der Waals surface area (Å²) in [5.41, 5.74) is 8.10. The fourth-order valence-electron chi connectivity index (χ4n) is 3.47. The van der Waals surface area contributed by atoms with E-state index in [2.05, 4.69) is 0 Å². The summed E-state index contributed by atoms with van der Waals surface area (Å²) in [6, 6.07) is 12.9. The Balaban J connectivity index is 1.80. The number of rotatable bonds is 6. The van der Waals surface area contributed by atoms with E-state index >= 15 is 0 Å². The molecule has 0 bridgehead atoms. The normalized spacial score (nSPS) is 14.2. The van der Waals surface area contributed by atoms with Crippen molar-refractivity contribution in [3.63, 3.8) is 0 Å². The Morgan fingerprint density at radius 3 is 1.91 bits per heavy atom. The van der Waals surface area contributed by atoms with Gasteiger partial charge in [-0.1, -0.05) is 36.4 Å².